The van der Waals surface area contributed by atoms with Crippen molar-refractivity contribution in [2.24, 2.45) is 5.92 Å². The molecule has 0 unspecified atom stereocenters. The molecule has 116 valence electrons. The second kappa shape index (κ2) is 7.87. The Morgan fingerprint density at radius 3 is 2.48 bits per heavy atom. The first-order valence-electron chi connectivity index (χ1n) is 7.09. The van der Waals surface area contributed by atoms with E-state index in [0.717, 1.165) is 32.5 Å². The molecule has 1 fully saturated rings. The number of carbonyl (C=O) groups is 1. The number of amides is 1. The summed E-state index contributed by atoms with van der Waals surface area (Å²) in [5, 5.41) is 4.18. The highest BCUT2D eigenvalue weighted by Gasteiger charge is 2.22. The Morgan fingerprint density at radius 2 is 1.90 bits per heavy atom. The summed E-state index contributed by atoms with van der Waals surface area (Å²) in [5.41, 5.74) is 0. The summed E-state index contributed by atoms with van der Waals surface area (Å²) in [4.78, 5) is 14.0. The van der Waals surface area contributed by atoms with E-state index in [1.165, 1.54) is 0 Å². The average Bonchev–Trinajstić information content (AvgIpc) is 2.45. The van der Waals surface area contributed by atoms with Crippen LogP contribution < -0.4 is 10.1 Å². The van der Waals surface area contributed by atoms with Crippen molar-refractivity contribution in [1.82, 2.24) is 10.2 Å². The first-order valence-corrected chi connectivity index (χ1v) is 7.85. The molecule has 1 heterocycles. The van der Waals surface area contributed by atoms with Crippen molar-refractivity contribution < 1.29 is 9.53 Å². The Hall–Kier alpha value is -0.970. The van der Waals surface area contributed by atoms with Gasteiger partial charge in [-0.3, -0.25) is 4.79 Å². The third-order valence-corrected chi connectivity index (χ3v) is 4.09. The highest BCUT2D eigenvalue weighted by atomic mass is 35.5. The average molecular weight is 331 g/mol. The highest BCUT2D eigenvalue weighted by molar-refractivity contribution is 6.34. The van der Waals surface area contributed by atoms with E-state index < -0.39 is 0 Å². The van der Waals surface area contributed by atoms with E-state index in [2.05, 4.69) is 5.32 Å². The smallest absolute Gasteiger partial charge is 0.260 e. The Balaban J connectivity index is 1.80. The second-order valence-corrected chi connectivity index (χ2v) is 6.15. The van der Waals surface area contributed by atoms with E-state index in [1.807, 2.05) is 11.9 Å². The lowest BCUT2D eigenvalue weighted by atomic mass is 9.97. The van der Waals surface area contributed by atoms with E-state index in [4.69, 9.17) is 27.9 Å². The molecular formula is C15H20Cl2N2O2. The van der Waals surface area contributed by atoms with Gasteiger partial charge in [-0.05, 0) is 50.6 Å². The van der Waals surface area contributed by atoms with Gasteiger partial charge in [0.1, 0.15) is 5.75 Å². The molecule has 1 saturated heterocycles. The third kappa shape index (κ3) is 5.06. The maximum absolute atomic E-state index is 12.1. The molecule has 0 radical (unpaired) electrons. The van der Waals surface area contributed by atoms with Crippen molar-refractivity contribution in [3.63, 3.8) is 0 Å². The number of benzene rings is 1. The monoisotopic (exact) mass is 330 g/mol. The largest absolute Gasteiger partial charge is 0.484 e. The number of piperidine rings is 1. The number of nitrogens with zero attached hydrogens (tertiary/aromatic N) is 1. The van der Waals surface area contributed by atoms with Gasteiger partial charge in [0.2, 0.25) is 0 Å². The molecule has 21 heavy (non-hydrogen) atoms. The van der Waals surface area contributed by atoms with Crippen LogP contribution in [0.3, 0.4) is 0 Å². The molecule has 1 amide bonds. The maximum atomic E-state index is 12.1. The molecule has 0 atom stereocenters. The van der Waals surface area contributed by atoms with Gasteiger partial charge in [0.05, 0.1) is 0 Å². The first kappa shape index (κ1) is 16.4. The van der Waals surface area contributed by atoms with Gasteiger partial charge in [0.15, 0.2) is 6.61 Å². The van der Waals surface area contributed by atoms with Crippen LogP contribution in [0.15, 0.2) is 18.2 Å². The van der Waals surface area contributed by atoms with Gasteiger partial charge in [-0.1, -0.05) is 23.2 Å². The van der Waals surface area contributed by atoms with Crippen molar-refractivity contribution in [2.45, 2.75) is 12.8 Å². The number of halogens is 2. The molecule has 0 spiro atoms. The van der Waals surface area contributed by atoms with Crippen LogP contribution in [-0.4, -0.2) is 44.1 Å². The predicted molar refractivity (Wildman–Crippen MR) is 85.2 cm³/mol. The Kier molecular flexibility index (Phi) is 6.15. The van der Waals surface area contributed by atoms with Gasteiger partial charge in [-0.2, -0.15) is 0 Å². The van der Waals surface area contributed by atoms with Crippen LogP contribution in [0, 0.1) is 5.92 Å². The van der Waals surface area contributed by atoms with E-state index in [1.54, 1.807) is 18.2 Å². The number of nitrogens with one attached hydrogen (secondary N) is 1. The second-order valence-electron chi connectivity index (χ2n) is 5.28. The molecule has 4 nitrogen and oxygen atoms in total. The van der Waals surface area contributed by atoms with Gasteiger partial charge < -0.3 is 15.0 Å². The molecule has 1 aliphatic rings. The normalized spacial score (nSPS) is 16.0. The first-order chi connectivity index (χ1) is 10.1. The fourth-order valence-corrected chi connectivity index (χ4v) is 3.03. The summed E-state index contributed by atoms with van der Waals surface area (Å²) >= 11 is 11.8. The lowest BCUT2D eigenvalue weighted by Crippen LogP contribution is -2.42. The molecule has 1 aliphatic heterocycles. The van der Waals surface area contributed by atoms with Crippen molar-refractivity contribution in [2.75, 3.05) is 33.3 Å². The molecule has 0 saturated carbocycles. The number of carbonyl (C=O) groups excluding carboxylic acids is 1. The number of hydrogen-bond donors (Lipinski definition) is 1. The van der Waals surface area contributed by atoms with Crippen LogP contribution in [0.4, 0.5) is 0 Å². The maximum Gasteiger partial charge on any atom is 0.260 e. The Bertz CT molecular complexity index is 468. The van der Waals surface area contributed by atoms with E-state index >= 15 is 0 Å². The Labute approximate surface area is 135 Å². The quantitative estimate of drug-likeness (QED) is 0.902. The van der Waals surface area contributed by atoms with Gasteiger partial charge in [0.25, 0.3) is 5.91 Å². The topological polar surface area (TPSA) is 41.6 Å². The van der Waals surface area contributed by atoms with Crippen molar-refractivity contribution >= 4 is 29.1 Å². The number of likely N-dealkylation sites (tertiary alicyclic amines) is 1. The molecule has 0 aromatic heterocycles. The number of hydrogen-bond acceptors (Lipinski definition) is 3. The van der Waals surface area contributed by atoms with Crippen molar-refractivity contribution in [3.05, 3.63) is 28.2 Å². The lowest BCUT2D eigenvalue weighted by molar-refractivity contribution is -0.134. The Morgan fingerprint density at radius 1 is 1.29 bits per heavy atom. The zero-order valence-electron chi connectivity index (χ0n) is 12.1. The summed E-state index contributed by atoms with van der Waals surface area (Å²) in [6.45, 7) is 2.63. The van der Waals surface area contributed by atoms with Crippen molar-refractivity contribution in [3.8, 4) is 5.75 Å². The lowest BCUT2D eigenvalue weighted by Gasteiger charge is -2.31. The highest BCUT2D eigenvalue weighted by Crippen LogP contribution is 2.24. The minimum Gasteiger partial charge on any atom is -0.484 e. The van der Waals surface area contributed by atoms with Crippen LogP contribution in [0.25, 0.3) is 0 Å². The van der Waals surface area contributed by atoms with Crippen LogP contribution >= 0.6 is 23.2 Å². The van der Waals surface area contributed by atoms with E-state index in [-0.39, 0.29) is 12.5 Å². The van der Waals surface area contributed by atoms with Crippen LogP contribution in [0.1, 0.15) is 12.8 Å². The minimum absolute atomic E-state index is 0.00834. The zero-order chi connectivity index (χ0) is 15.2. The molecule has 1 aromatic rings. The van der Waals surface area contributed by atoms with E-state index in [9.17, 15) is 4.79 Å². The van der Waals surface area contributed by atoms with Crippen LogP contribution in [0.5, 0.6) is 5.75 Å². The number of rotatable bonds is 5. The zero-order valence-corrected chi connectivity index (χ0v) is 13.6. The van der Waals surface area contributed by atoms with E-state index in [0.29, 0.717) is 21.7 Å². The fourth-order valence-electron chi connectivity index (χ4n) is 2.52. The molecule has 0 bridgehead atoms. The standard InChI is InChI=1S/C15H20Cl2N2O2/c1-18-9-11-2-4-19(5-3-11)15(20)10-21-14-7-12(16)6-13(17)8-14/h6-8,11,18H,2-5,9-10H2,1H3. The van der Waals surface area contributed by atoms with Gasteiger partial charge in [0, 0.05) is 23.1 Å². The molecule has 1 N–H and O–H groups in total. The predicted octanol–water partition coefficient (Wildman–Crippen LogP) is 2.83. The molecule has 6 heteroatoms. The summed E-state index contributed by atoms with van der Waals surface area (Å²) in [5.74, 6) is 1.19. The minimum atomic E-state index is 0.00834. The summed E-state index contributed by atoms with van der Waals surface area (Å²) in [6, 6.07) is 4.93. The van der Waals surface area contributed by atoms with Crippen LogP contribution in [0.2, 0.25) is 10.0 Å². The molecule has 2 rings (SSSR count). The summed E-state index contributed by atoms with van der Waals surface area (Å²) in [6.07, 6.45) is 2.07. The summed E-state index contributed by atoms with van der Waals surface area (Å²) < 4.78 is 5.48. The summed E-state index contributed by atoms with van der Waals surface area (Å²) in [7, 11) is 1.96. The van der Waals surface area contributed by atoms with Crippen molar-refractivity contribution in [1.29, 1.82) is 0 Å². The van der Waals surface area contributed by atoms with Crippen LogP contribution in [-0.2, 0) is 4.79 Å². The number of ether oxygens (including phenoxy) is 1. The van der Waals surface area contributed by atoms with Gasteiger partial charge in [-0.25, -0.2) is 0 Å². The molecular weight excluding hydrogens is 311 g/mol. The SMILES string of the molecule is CNCC1CCN(C(=O)COc2cc(Cl)cc(Cl)c2)CC1. The molecule has 1 aromatic carbocycles. The molecule has 0 aliphatic carbocycles. The third-order valence-electron chi connectivity index (χ3n) is 3.66. The van der Waals surface area contributed by atoms with Gasteiger partial charge in [-0.15, -0.1) is 0 Å². The fraction of sp³-hybridized carbons (Fsp3) is 0.533. The van der Waals surface area contributed by atoms with Gasteiger partial charge >= 0.3 is 0 Å².